The summed E-state index contributed by atoms with van der Waals surface area (Å²) in [4.78, 5) is 28.5. The molecule has 0 aliphatic carbocycles. The van der Waals surface area contributed by atoms with Gasteiger partial charge in [0, 0.05) is 18.3 Å². The van der Waals surface area contributed by atoms with Gasteiger partial charge >= 0.3 is 0 Å². The molecular weight excluding hydrogens is 450 g/mol. The maximum absolute atomic E-state index is 13.7. The van der Waals surface area contributed by atoms with Gasteiger partial charge in [-0.1, -0.05) is 91.0 Å². The van der Waals surface area contributed by atoms with Crippen molar-refractivity contribution in [2.24, 2.45) is 0 Å². The molecule has 6 nitrogen and oxygen atoms in total. The smallest absolute Gasteiger partial charge is 0.278 e. The molecule has 0 saturated carbocycles. The number of aromatic nitrogens is 1. The van der Waals surface area contributed by atoms with Crippen molar-refractivity contribution in [1.29, 1.82) is 0 Å². The van der Waals surface area contributed by atoms with Crippen LogP contribution in [0.2, 0.25) is 0 Å². The van der Waals surface area contributed by atoms with Gasteiger partial charge in [-0.3, -0.25) is 19.3 Å². The van der Waals surface area contributed by atoms with Gasteiger partial charge in [-0.2, -0.15) is 0 Å². The third kappa shape index (κ3) is 4.50. The van der Waals surface area contributed by atoms with Crippen LogP contribution >= 0.6 is 0 Å². The van der Waals surface area contributed by atoms with Crippen LogP contribution in [0.3, 0.4) is 0 Å². The van der Waals surface area contributed by atoms with Gasteiger partial charge in [0.1, 0.15) is 13.3 Å². The standard InChI is InChI=1S/C30H29N3O3/c1-22(2)31-21-33(27(24-14-8-4-9-15-24)25-16-10-5-11-17-25)32-19-18-26(34)29(28(32)30(31)35)36-20-23-12-6-3-7-13-23/h3-19,22,27H,20-21H2,1-2H3. The van der Waals surface area contributed by atoms with Crippen LogP contribution in [0.4, 0.5) is 0 Å². The first-order valence-electron chi connectivity index (χ1n) is 12.1. The molecule has 6 heteroatoms. The largest absolute Gasteiger partial charge is 0.482 e. The summed E-state index contributed by atoms with van der Waals surface area (Å²) in [5, 5.41) is 2.12. The van der Waals surface area contributed by atoms with Crippen LogP contribution < -0.4 is 15.2 Å². The molecule has 0 fully saturated rings. The Bertz CT molecular complexity index is 1350. The summed E-state index contributed by atoms with van der Waals surface area (Å²) < 4.78 is 7.85. The van der Waals surface area contributed by atoms with Crippen molar-refractivity contribution in [3.63, 3.8) is 0 Å². The van der Waals surface area contributed by atoms with Crippen LogP contribution in [0.5, 0.6) is 5.75 Å². The Balaban J connectivity index is 1.66. The number of amides is 1. The summed E-state index contributed by atoms with van der Waals surface area (Å²) in [6.45, 7) is 4.52. The van der Waals surface area contributed by atoms with E-state index < -0.39 is 0 Å². The van der Waals surface area contributed by atoms with E-state index in [4.69, 9.17) is 4.74 Å². The quantitative estimate of drug-likeness (QED) is 0.375. The van der Waals surface area contributed by atoms with Crippen LogP contribution in [0, 0.1) is 0 Å². The molecule has 5 rings (SSSR count). The summed E-state index contributed by atoms with van der Waals surface area (Å²) in [7, 11) is 0. The molecule has 0 unspecified atom stereocenters. The Kier molecular flexibility index (Phi) is 6.58. The van der Waals surface area contributed by atoms with Gasteiger partial charge in [0.05, 0.1) is 6.04 Å². The number of hydrogen-bond acceptors (Lipinski definition) is 4. The maximum atomic E-state index is 13.7. The van der Waals surface area contributed by atoms with Crippen LogP contribution in [0.15, 0.2) is 108 Å². The lowest BCUT2D eigenvalue weighted by Crippen LogP contribution is -2.57. The molecule has 2 heterocycles. The number of benzene rings is 3. The van der Waals surface area contributed by atoms with Crippen LogP contribution in [-0.4, -0.2) is 28.2 Å². The second kappa shape index (κ2) is 10.1. The highest BCUT2D eigenvalue weighted by atomic mass is 16.5. The van der Waals surface area contributed by atoms with Crippen molar-refractivity contribution in [3.8, 4) is 5.75 Å². The second-order valence-electron chi connectivity index (χ2n) is 9.15. The molecular formula is C30H29N3O3. The number of hydrogen-bond donors (Lipinski definition) is 0. The average molecular weight is 480 g/mol. The predicted molar refractivity (Wildman–Crippen MR) is 141 cm³/mol. The molecule has 0 bridgehead atoms. The van der Waals surface area contributed by atoms with E-state index >= 15 is 0 Å². The topological polar surface area (TPSA) is 54.8 Å². The van der Waals surface area contributed by atoms with Gasteiger partial charge in [0.2, 0.25) is 5.43 Å². The van der Waals surface area contributed by atoms with Crippen LogP contribution in [0.25, 0.3) is 0 Å². The Morgan fingerprint density at radius 1 is 0.778 bits per heavy atom. The van der Waals surface area contributed by atoms with E-state index in [1.165, 1.54) is 6.07 Å². The number of rotatable bonds is 7. The first-order valence-corrected chi connectivity index (χ1v) is 12.1. The zero-order valence-electron chi connectivity index (χ0n) is 20.5. The molecule has 1 aliphatic heterocycles. The number of fused-ring (bicyclic) bond motifs is 1. The van der Waals surface area contributed by atoms with Crippen molar-refractivity contribution in [3.05, 3.63) is 136 Å². The molecule has 1 aliphatic rings. The lowest BCUT2D eigenvalue weighted by atomic mass is 9.98. The summed E-state index contributed by atoms with van der Waals surface area (Å²) in [6, 6.07) is 31.2. The second-order valence-corrected chi connectivity index (χ2v) is 9.15. The number of carbonyl (C=O) groups is 1. The zero-order valence-corrected chi connectivity index (χ0v) is 20.5. The summed E-state index contributed by atoms with van der Waals surface area (Å²) in [5.74, 6) is -0.150. The number of nitrogens with zero attached hydrogens (tertiary/aromatic N) is 3. The highest BCUT2D eigenvalue weighted by Crippen LogP contribution is 2.33. The number of pyridine rings is 1. The first kappa shape index (κ1) is 23.4. The van der Waals surface area contributed by atoms with Gasteiger partial charge in [-0.05, 0) is 30.5 Å². The van der Waals surface area contributed by atoms with Gasteiger partial charge < -0.3 is 9.64 Å². The third-order valence-electron chi connectivity index (χ3n) is 6.45. The lowest BCUT2D eigenvalue weighted by Gasteiger charge is -2.45. The fraction of sp³-hybridized carbons (Fsp3) is 0.200. The molecule has 0 spiro atoms. The summed E-state index contributed by atoms with van der Waals surface area (Å²) in [5.41, 5.74) is 3.02. The molecule has 36 heavy (non-hydrogen) atoms. The fourth-order valence-corrected chi connectivity index (χ4v) is 4.62. The minimum absolute atomic E-state index is 0.0709. The Morgan fingerprint density at radius 2 is 1.33 bits per heavy atom. The molecule has 1 aromatic heterocycles. The number of ether oxygens (including phenoxy) is 1. The number of carbonyl (C=O) groups excluding carboxylic acids is 1. The molecule has 0 atom stereocenters. The van der Waals surface area contributed by atoms with E-state index in [0.29, 0.717) is 6.67 Å². The molecule has 0 saturated heterocycles. The van der Waals surface area contributed by atoms with Crippen molar-refractivity contribution in [2.75, 3.05) is 11.7 Å². The highest BCUT2D eigenvalue weighted by Gasteiger charge is 2.37. The van der Waals surface area contributed by atoms with Gasteiger partial charge in [0.25, 0.3) is 5.91 Å². The molecule has 182 valence electrons. The molecule has 0 N–H and O–H groups in total. The van der Waals surface area contributed by atoms with Gasteiger partial charge in [-0.15, -0.1) is 0 Å². The van der Waals surface area contributed by atoms with E-state index in [0.717, 1.165) is 16.7 Å². The van der Waals surface area contributed by atoms with Crippen molar-refractivity contribution in [2.45, 2.75) is 32.5 Å². The first-order chi connectivity index (χ1) is 17.5. The van der Waals surface area contributed by atoms with Crippen molar-refractivity contribution >= 4 is 5.91 Å². The van der Waals surface area contributed by atoms with E-state index in [-0.39, 0.29) is 41.5 Å². The van der Waals surface area contributed by atoms with E-state index in [2.05, 4.69) is 29.3 Å². The average Bonchev–Trinajstić information content (AvgIpc) is 2.91. The Labute approximate surface area is 211 Å². The SMILES string of the molecule is CC(C)N1CN(C(c2ccccc2)c2ccccc2)n2ccc(=O)c(OCc3ccccc3)c2C1=O. The zero-order chi connectivity index (χ0) is 25.1. The van der Waals surface area contributed by atoms with Crippen molar-refractivity contribution < 1.29 is 9.53 Å². The lowest BCUT2D eigenvalue weighted by molar-refractivity contribution is 0.0618. The van der Waals surface area contributed by atoms with Crippen LogP contribution in [0.1, 0.15) is 47.1 Å². The predicted octanol–water partition coefficient (Wildman–Crippen LogP) is 4.98. The maximum Gasteiger partial charge on any atom is 0.278 e. The minimum Gasteiger partial charge on any atom is -0.482 e. The van der Waals surface area contributed by atoms with E-state index in [1.54, 1.807) is 15.8 Å². The van der Waals surface area contributed by atoms with Crippen molar-refractivity contribution in [1.82, 2.24) is 9.58 Å². The third-order valence-corrected chi connectivity index (χ3v) is 6.45. The minimum atomic E-state index is -0.313. The monoisotopic (exact) mass is 479 g/mol. The normalized spacial score (nSPS) is 13.3. The highest BCUT2D eigenvalue weighted by molar-refractivity contribution is 5.96. The molecule has 3 aromatic carbocycles. The van der Waals surface area contributed by atoms with E-state index in [1.807, 2.05) is 80.6 Å². The molecule has 0 radical (unpaired) electrons. The van der Waals surface area contributed by atoms with E-state index in [9.17, 15) is 9.59 Å². The summed E-state index contributed by atoms with van der Waals surface area (Å²) in [6.07, 6.45) is 1.68. The van der Waals surface area contributed by atoms with Gasteiger partial charge in [-0.25, -0.2) is 0 Å². The summed E-state index contributed by atoms with van der Waals surface area (Å²) >= 11 is 0. The molecule has 4 aromatic rings. The van der Waals surface area contributed by atoms with Gasteiger partial charge in [0.15, 0.2) is 11.4 Å². The van der Waals surface area contributed by atoms with Crippen LogP contribution in [-0.2, 0) is 6.61 Å². The Morgan fingerprint density at radius 3 is 1.89 bits per heavy atom. The molecule has 1 amide bonds. The fourth-order valence-electron chi connectivity index (χ4n) is 4.62. The Hall–Kier alpha value is -4.32.